The van der Waals surface area contributed by atoms with Crippen molar-refractivity contribution in [3.63, 3.8) is 0 Å². The van der Waals surface area contributed by atoms with Crippen LogP contribution in [0, 0.1) is 0 Å². The maximum Gasteiger partial charge on any atom is 0.416 e. The zero-order valence-corrected chi connectivity index (χ0v) is 17.7. The summed E-state index contributed by atoms with van der Waals surface area (Å²) in [6.45, 7) is 0.0432. The van der Waals surface area contributed by atoms with E-state index in [9.17, 15) is 14.7 Å². The molecule has 2 heterocycles. The van der Waals surface area contributed by atoms with E-state index < -0.39 is 24.2 Å². The van der Waals surface area contributed by atoms with Gasteiger partial charge in [-0.25, -0.2) is 24.5 Å². The number of anilines is 1. The molecular weight excluding hydrogens is 434 g/mol. The van der Waals surface area contributed by atoms with Crippen molar-refractivity contribution in [1.82, 2.24) is 9.97 Å². The molecule has 1 aliphatic heterocycles. The van der Waals surface area contributed by atoms with Crippen LogP contribution >= 0.6 is 11.6 Å². The van der Waals surface area contributed by atoms with Crippen molar-refractivity contribution in [2.75, 3.05) is 18.6 Å². The predicted molar refractivity (Wildman–Crippen MR) is 115 cm³/mol. The van der Waals surface area contributed by atoms with Gasteiger partial charge in [-0.1, -0.05) is 60.1 Å². The molecule has 2 unspecified atom stereocenters. The molecule has 0 radical (unpaired) electrons. The maximum absolute atomic E-state index is 13.2. The molecule has 9 heteroatoms. The largest absolute Gasteiger partial charge is 0.467 e. The smallest absolute Gasteiger partial charge is 0.416 e. The molecule has 2 atom stereocenters. The average Bonchev–Trinajstić information content (AvgIpc) is 3.30. The summed E-state index contributed by atoms with van der Waals surface area (Å²) in [7, 11) is 1.17. The minimum absolute atomic E-state index is 0.0186. The first kappa shape index (κ1) is 20.4. The van der Waals surface area contributed by atoms with Gasteiger partial charge in [0.2, 0.25) is 0 Å². The van der Waals surface area contributed by atoms with Gasteiger partial charge >= 0.3 is 12.1 Å². The number of carbonyl (C=O) groups excluding carboxylic acids is 2. The van der Waals surface area contributed by atoms with Gasteiger partial charge in [-0.2, -0.15) is 0 Å². The van der Waals surface area contributed by atoms with E-state index in [1.54, 1.807) is 0 Å². The van der Waals surface area contributed by atoms with Crippen molar-refractivity contribution in [3.05, 3.63) is 76.7 Å². The summed E-state index contributed by atoms with van der Waals surface area (Å²) in [6.07, 6.45) is -1.13. The van der Waals surface area contributed by atoms with Crippen LogP contribution in [0.5, 0.6) is 0 Å². The highest BCUT2D eigenvalue weighted by atomic mass is 35.5. The molecule has 162 valence electrons. The molecule has 0 spiro atoms. The molecule has 1 N–H and O–H groups in total. The average molecular weight is 452 g/mol. The van der Waals surface area contributed by atoms with Crippen molar-refractivity contribution >= 4 is 29.5 Å². The number of hydrogen-bond donors (Lipinski definition) is 1. The number of aliphatic hydroxyl groups excluding tert-OH is 1. The van der Waals surface area contributed by atoms with E-state index in [1.165, 1.54) is 7.11 Å². The fraction of sp³-hybridized carbons (Fsp3) is 0.217. The minimum Gasteiger partial charge on any atom is -0.467 e. The Kier molecular flexibility index (Phi) is 5.03. The lowest BCUT2D eigenvalue weighted by atomic mass is 9.98. The van der Waals surface area contributed by atoms with Crippen molar-refractivity contribution in [2.45, 2.75) is 18.1 Å². The van der Waals surface area contributed by atoms with E-state index >= 15 is 0 Å². The number of ether oxygens (including phenoxy) is 2. The number of aromatic nitrogens is 2. The van der Waals surface area contributed by atoms with Crippen molar-refractivity contribution < 1.29 is 24.2 Å². The fourth-order valence-electron chi connectivity index (χ4n) is 4.46. The van der Waals surface area contributed by atoms with Crippen LogP contribution in [0.3, 0.4) is 0 Å². The first-order chi connectivity index (χ1) is 15.5. The summed E-state index contributed by atoms with van der Waals surface area (Å²) in [5.41, 5.74) is 4.38. The lowest BCUT2D eigenvalue weighted by Gasteiger charge is -2.24. The summed E-state index contributed by atoms with van der Waals surface area (Å²) < 4.78 is 10.4. The first-order valence-corrected chi connectivity index (χ1v) is 10.3. The number of rotatable bonds is 3. The molecule has 32 heavy (non-hydrogen) atoms. The SMILES string of the molecule is COC(=O)C1C(O)c2c(Cl)ncnc2N1C(=O)OCC1c2ccccc2-c2ccccc21. The number of aliphatic hydroxyl groups is 1. The number of benzene rings is 2. The third kappa shape index (κ3) is 3.03. The van der Waals surface area contributed by atoms with Gasteiger partial charge in [0.25, 0.3) is 0 Å². The van der Waals surface area contributed by atoms with Crippen molar-refractivity contribution in [2.24, 2.45) is 0 Å². The van der Waals surface area contributed by atoms with Crippen LogP contribution in [0.25, 0.3) is 11.1 Å². The summed E-state index contributed by atoms with van der Waals surface area (Å²) in [4.78, 5) is 34.4. The van der Waals surface area contributed by atoms with Gasteiger partial charge in [0.1, 0.15) is 30.0 Å². The molecule has 0 fully saturated rings. The van der Waals surface area contributed by atoms with Gasteiger partial charge in [0.15, 0.2) is 6.04 Å². The van der Waals surface area contributed by atoms with Gasteiger partial charge in [0, 0.05) is 5.92 Å². The molecular formula is C23H18ClN3O5. The van der Waals surface area contributed by atoms with E-state index in [0.29, 0.717) is 0 Å². The maximum atomic E-state index is 13.2. The van der Waals surface area contributed by atoms with Gasteiger partial charge in [-0.05, 0) is 22.3 Å². The van der Waals surface area contributed by atoms with E-state index in [0.717, 1.165) is 33.5 Å². The summed E-state index contributed by atoms with van der Waals surface area (Å²) in [6, 6.07) is 14.5. The molecule has 0 saturated carbocycles. The number of fused-ring (bicyclic) bond motifs is 4. The van der Waals surface area contributed by atoms with Crippen LogP contribution in [0.4, 0.5) is 10.6 Å². The minimum atomic E-state index is -1.44. The van der Waals surface area contributed by atoms with Crippen LogP contribution in [0.2, 0.25) is 5.15 Å². The molecule has 3 aromatic rings. The van der Waals surface area contributed by atoms with E-state index in [1.807, 2.05) is 48.5 Å². The molecule has 0 bridgehead atoms. The van der Waals surface area contributed by atoms with Gasteiger partial charge in [-0.3, -0.25) is 0 Å². The Morgan fingerprint density at radius 2 is 1.69 bits per heavy atom. The molecule has 1 amide bonds. The van der Waals surface area contributed by atoms with Gasteiger partial charge in [-0.15, -0.1) is 0 Å². The molecule has 0 saturated heterocycles. The number of esters is 1. The topological polar surface area (TPSA) is 102 Å². The van der Waals surface area contributed by atoms with E-state index in [-0.39, 0.29) is 29.1 Å². The summed E-state index contributed by atoms with van der Waals surface area (Å²) in [5, 5.41) is 10.6. The van der Waals surface area contributed by atoms with Gasteiger partial charge < -0.3 is 14.6 Å². The quantitative estimate of drug-likeness (QED) is 0.480. The van der Waals surface area contributed by atoms with Crippen LogP contribution in [-0.4, -0.2) is 46.9 Å². The summed E-state index contributed by atoms with van der Waals surface area (Å²) >= 11 is 6.10. The van der Waals surface area contributed by atoms with E-state index in [2.05, 4.69) is 9.97 Å². The van der Waals surface area contributed by atoms with Crippen LogP contribution in [-0.2, 0) is 14.3 Å². The third-order valence-electron chi connectivity index (χ3n) is 5.89. The van der Waals surface area contributed by atoms with Crippen molar-refractivity contribution in [1.29, 1.82) is 0 Å². The zero-order chi connectivity index (χ0) is 22.4. The number of carbonyl (C=O) groups is 2. The second kappa shape index (κ2) is 7.89. The number of methoxy groups -OCH3 is 1. The van der Waals surface area contributed by atoms with Crippen LogP contribution in [0.15, 0.2) is 54.9 Å². The number of halogens is 1. The van der Waals surface area contributed by atoms with Crippen LogP contribution < -0.4 is 4.90 Å². The number of nitrogens with zero attached hydrogens (tertiary/aromatic N) is 3. The summed E-state index contributed by atoms with van der Waals surface area (Å²) in [5.74, 6) is -0.964. The fourth-order valence-corrected chi connectivity index (χ4v) is 4.70. The zero-order valence-electron chi connectivity index (χ0n) is 16.9. The standard InChI is InChI=1S/C23H18ClN3O5/c1-31-22(29)18-19(28)17-20(24)25-11-26-21(17)27(18)23(30)32-10-16-14-8-4-2-6-12(14)13-7-3-5-9-15(13)16/h2-9,11,16,18-19,28H,10H2,1H3. The Morgan fingerprint density at radius 1 is 1.06 bits per heavy atom. The van der Waals surface area contributed by atoms with Crippen LogP contribution in [0.1, 0.15) is 28.7 Å². The molecule has 1 aliphatic carbocycles. The molecule has 1 aromatic heterocycles. The lowest BCUT2D eigenvalue weighted by molar-refractivity contribution is -0.144. The molecule has 5 rings (SSSR count). The molecule has 2 aromatic carbocycles. The Morgan fingerprint density at radius 3 is 2.31 bits per heavy atom. The number of amides is 1. The normalized spacial score (nSPS) is 18.7. The highest BCUT2D eigenvalue weighted by Crippen LogP contribution is 2.45. The van der Waals surface area contributed by atoms with E-state index in [4.69, 9.17) is 21.1 Å². The Bertz CT molecular complexity index is 1190. The second-order valence-electron chi connectivity index (χ2n) is 7.49. The number of hydrogen-bond acceptors (Lipinski definition) is 7. The predicted octanol–water partition coefficient (Wildman–Crippen LogP) is 3.47. The first-order valence-electron chi connectivity index (χ1n) is 9.93. The molecule has 2 aliphatic rings. The van der Waals surface area contributed by atoms with Gasteiger partial charge in [0.05, 0.1) is 12.7 Å². The Hall–Kier alpha value is -3.49. The lowest BCUT2D eigenvalue weighted by Crippen LogP contribution is -2.46. The Labute approximate surface area is 188 Å². The second-order valence-corrected chi connectivity index (χ2v) is 7.85. The highest BCUT2D eigenvalue weighted by molar-refractivity contribution is 6.30. The molecule has 8 nitrogen and oxygen atoms in total. The third-order valence-corrected chi connectivity index (χ3v) is 6.19. The highest BCUT2D eigenvalue weighted by Gasteiger charge is 2.49. The Balaban J connectivity index is 1.45. The van der Waals surface area contributed by atoms with Crippen molar-refractivity contribution in [3.8, 4) is 11.1 Å². The monoisotopic (exact) mass is 451 g/mol.